The van der Waals surface area contributed by atoms with E-state index in [9.17, 15) is 4.79 Å². The maximum Gasteiger partial charge on any atom is 0.139 e. The molecule has 0 amide bonds. The highest BCUT2D eigenvalue weighted by molar-refractivity contribution is 5.85. The van der Waals surface area contributed by atoms with E-state index in [1.54, 1.807) is 7.11 Å². The number of methoxy groups -OCH3 is 1. The van der Waals surface area contributed by atoms with Crippen LogP contribution < -0.4 is 0 Å². The van der Waals surface area contributed by atoms with Crippen LogP contribution in [-0.2, 0) is 9.53 Å². The number of rotatable bonds is 1. The Bertz CT molecular complexity index is 236. The van der Waals surface area contributed by atoms with Crippen LogP contribution in [0, 0.1) is 11.3 Å². The molecule has 2 rings (SSSR count). The lowest BCUT2D eigenvalue weighted by Crippen LogP contribution is -2.45. The molecule has 14 heavy (non-hydrogen) atoms. The first-order valence-corrected chi connectivity index (χ1v) is 5.73. The minimum atomic E-state index is -0.0584. The Hall–Kier alpha value is -0.370. The monoisotopic (exact) mass is 196 g/mol. The minimum Gasteiger partial charge on any atom is -0.381 e. The van der Waals surface area contributed by atoms with Crippen molar-refractivity contribution >= 4 is 5.78 Å². The smallest absolute Gasteiger partial charge is 0.139 e. The van der Waals surface area contributed by atoms with E-state index >= 15 is 0 Å². The molecule has 2 heteroatoms. The van der Waals surface area contributed by atoms with Gasteiger partial charge in [-0.3, -0.25) is 4.79 Å². The predicted octanol–water partition coefficient (Wildman–Crippen LogP) is 2.56. The quantitative estimate of drug-likeness (QED) is 0.644. The standard InChI is InChI=1S/C12H20O2/c1-12-8-10(14-2)7-6-9(12)4-3-5-11(12)13/h9-10H,3-8H2,1-2H3/t9-,10+,12+/m0/s1. The molecule has 0 heterocycles. The van der Waals surface area contributed by atoms with Crippen LogP contribution in [0.5, 0.6) is 0 Å². The molecule has 2 aliphatic carbocycles. The number of hydrogen-bond donors (Lipinski definition) is 0. The largest absolute Gasteiger partial charge is 0.381 e. The van der Waals surface area contributed by atoms with Gasteiger partial charge >= 0.3 is 0 Å². The van der Waals surface area contributed by atoms with Gasteiger partial charge in [-0.25, -0.2) is 0 Å². The van der Waals surface area contributed by atoms with Crippen molar-refractivity contribution < 1.29 is 9.53 Å². The van der Waals surface area contributed by atoms with Crippen LogP contribution in [0.2, 0.25) is 0 Å². The molecule has 3 atom stereocenters. The van der Waals surface area contributed by atoms with Gasteiger partial charge in [-0.15, -0.1) is 0 Å². The van der Waals surface area contributed by atoms with Crippen molar-refractivity contribution in [1.29, 1.82) is 0 Å². The second-order valence-corrected chi connectivity index (χ2v) is 5.07. The SMILES string of the molecule is CO[C@@H]1CC[C@@H]2CCCC(=O)[C@]2(C)C1. The fourth-order valence-electron chi connectivity index (χ4n) is 3.25. The van der Waals surface area contributed by atoms with E-state index in [2.05, 4.69) is 6.92 Å². The Kier molecular flexibility index (Phi) is 2.65. The second-order valence-electron chi connectivity index (χ2n) is 5.07. The molecular formula is C12H20O2. The van der Waals surface area contributed by atoms with Crippen molar-refractivity contribution in [3.05, 3.63) is 0 Å². The highest BCUT2D eigenvalue weighted by atomic mass is 16.5. The first kappa shape index (κ1) is 10.2. The molecule has 80 valence electrons. The third kappa shape index (κ3) is 1.50. The van der Waals surface area contributed by atoms with Gasteiger partial charge in [0.1, 0.15) is 5.78 Å². The van der Waals surface area contributed by atoms with Crippen molar-refractivity contribution in [1.82, 2.24) is 0 Å². The van der Waals surface area contributed by atoms with Crippen molar-refractivity contribution in [2.75, 3.05) is 7.11 Å². The van der Waals surface area contributed by atoms with Gasteiger partial charge in [-0.1, -0.05) is 6.92 Å². The predicted molar refractivity (Wildman–Crippen MR) is 55.1 cm³/mol. The van der Waals surface area contributed by atoms with E-state index in [0.29, 0.717) is 17.8 Å². The Morgan fingerprint density at radius 2 is 2.14 bits per heavy atom. The molecule has 0 bridgehead atoms. The number of fused-ring (bicyclic) bond motifs is 1. The first-order chi connectivity index (χ1) is 6.66. The molecule has 0 saturated heterocycles. The topological polar surface area (TPSA) is 26.3 Å². The highest BCUT2D eigenvalue weighted by Gasteiger charge is 2.47. The molecule has 0 unspecified atom stereocenters. The first-order valence-electron chi connectivity index (χ1n) is 5.73. The summed E-state index contributed by atoms with van der Waals surface area (Å²) in [6, 6.07) is 0. The number of carbonyl (C=O) groups is 1. The van der Waals surface area contributed by atoms with Gasteiger partial charge in [-0.2, -0.15) is 0 Å². The van der Waals surface area contributed by atoms with Gasteiger partial charge in [0.25, 0.3) is 0 Å². The summed E-state index contributed by atoms with van der Waals surface area (Å²) < 4.78 is 5.40. The van der Waals surface area contributed by atoms with Crippen LogP contribution in [0.25, 0.3) is 0 Å². The van der Waals surface area contributed by atoms with Crippen molar-refractivity contribution in [2.24, 2.45) is 11.3 Å². The van der Waals surface area contributed by atoms with Gasteiger partial charge in [0.2, 0.25) is 0 Å². The molecule has 2 nitrogen and oxygen atoms in total. The molecule has 0 radical (unpaired) electrons. The lowest BCUT2D eigenvalue weighted by atomic mass is 9.59. The Balaban J connectivity index is 2.15. The fourth-order valence-corrected chi connectivity index (χ4v) is 3.25. The highest BCUT2D eigenvalue weighted by Crippen LogP contribution is 2.48. The summed E-state index contributed by atoms with van der Waals surface area (Å²) in [5.41, 5.74) is -0.0584. The van der Waals surface area contributed by atoms with Gasteiger partial charge < -0.3 is 4.74 Å². The van der Waals surface area contributed by atoms with Crippen LogP contribution in [0.3, 0.4) is 0 Å². The average molecular weight is 196 g/mol. The summed E-state index contributed by atoms with van der Waals surface area (Å²) in [5.74, 6) is 1.12. The summed E-state index contributed by atoms with van der Waals surface area (Å²) in [4.78, 5) is 12.0. The summed E-state index contributed by atoms with van der Waals surface area (Å²) in [6.07, 6.45) is 6.75. The van der Waals surface area contributed by atoms with Crippen LogP contribution in [0.15, 0.2) is 0 Å². The molecule has 2 fully saturated rings. The van der Waals surface area contributed by atoms with E-state index in [4.69, 9.17) is 4.74 Å². The Labute approximate surface area is 86.0 Å². The zero-order valence-electron chi connectivity index (χ0n) is 9.21. The van der Waals surface area contributed by atoms with Gasteiger partial charge in [0.05, 0.1) is 6.10 Å². The van der Waals surface area contributed by atoms with Crippen molar-refractivity contribution in [3.63, 3.8) is 0 Å². The third-order valence-electron chi connectivity index (χ3n) is 4.32. The zero-order chi connectivity index (χ0) is 10.2. The molecular weight excluding hydrogens is 176 g/mol. The van der Waals surface area contributed by atoms with Gasteiger partial charge in [0, 0.05) is 18.9 Å². The van der Waals surface area contributed by atoms with Crippen LogP contribution in [0.4, 0.5) is 0 Å². The average Bonchev–Trinajstić information content (AvgIpc) is 2.19. The van der Waals surface area contributed by atoms with E-state index in [0.717, 1.165) is 25.7 Å². The number of carbonyl (C=O) groups excluding carboxylic acids is 1. The van der Waals surface area contributed by atoms with Crippen LogP contribution in [0.1, 0.15) is 45.4 Å². The van der Waals surface area contributed by atoms with E-state index in [1.165, 1.54) is 12.8 Å². The van der Waals surface area contributed by atoms with E-state index in [1.807, 2.05) is 0 Å². The molecule has 2 saturated carbocycles. The van der Waals surface area contributed by atoms with Gasteiger partial charge in [0.15, 0.2) is 0 Å². The number of ketones is 1. The maximum absolute atomic E-state index is 12.0. The van der Waals surface area contributed by atoms with E-state index in [-0.39, 0.29) is 5.41 Å². The van der Waals surface area contributed by atoms with E-state index < -0.39 is 0 Å². The Morgan fingerprint density at radius 1 is 1.36 bits per heavy atom. The number of ether oxygens (including phenoxy) is 1. The lowest BCUT2D eigenvalue weighted by molar-refractivity contribution is -0.140. The lowest BCUT2D eigenvalue weighted by Gasteiger charge is -2.46. The summed E-state index contributed by atoms with van der Waals surface area (Å²) in [7, 11) is 1.77. The molecule has 0 spiro atoms. The molecule has 0 N–H and O–H groups in total. The second kappa shape index (κ2) is 3.65. The van der Waals surface area contributed by atoms with Crippen molar-refractivity contribution in [3.8, 4) is 0 Å². The molecule has 0 aliphatic heterocycles. The molecule has 0 aromatic carbocycles. The molecule has 0 aromatic heterocycles. The van der Waals surface area contributed by atoms with Crippen molar-refractivity contribution in [2.45, 2.75) is 51.6 Å². The van der Waals surface area contributed by atoms with Crippen LogP contribution >= 0.6 is 0 Å². The fraction of sp³-hybridized carbons (Fsp3) is 0.917. The Morgan fingerprint density at radius 3 is 2.86 bits per heavy atom. The number of Topliss-reactive ketones (excluding diaryl/α,β-unsaturated/α-hetero) is 1. The molecule has 2 aliphatic rings. The van der Waals surface area contributed by atoms with Gasteiger partial charge in [-0.05, 0) is 38.0 Å². The zero-order valence-corrected chi connectivity index (χ0v) is 9.21. The molecule has 0 aromatic rings. The summed E-state index contributed by atoms with van der Waals surface area (Å²) >= 11 is 0. The minimum absolute atomic E-state index is 0.0584. The summed E-state index contributed by atoms with van der Waals surface area (Å²) in [6.45, 7) is 2.16. The maximum atomic E-state index is 12.0. The van der Waals surface area contributed by atoms with Crippen LogP contribution in [-0.4, -0.2) is 19.0 Å². The third-order valence-corrected chi connectivity index (χ3v) is 4.32. The summed E-state index contributed by atoms with van der Waals surface area (Å²) in [5, 5.41) is 0. The number of hydrogen-bond acceptors (Lipinski definition) is 2. The normalized spacial score (nSPS) is 43.4.